The van der Waals surface area contributed by atoms with E-state index < -0.39 is 0 Å². The maximum absolute atomic E-state index is 4.66. The minimum Gasteiger partial charge on any atom is -0.354 e. The van der Waals surface area contributed by atoms with E-state index in [1.54, 1.807) is 0 Å². The van der Waals surface area contributed by atoms with E-state index >= 15 is 0 Å². The molecule has 1 aliphatic carbocycles. The van der Waals surface area contributed by atoms with Gasteiger partial charge in [0.2, 0.25) is 0 Å². The molecule has 2 fully saturated rings. The van der Waals surface area contributed by atoms with Gasteiger partial charge in [-0.3, -0.25) is 0 Å². The molecule has 86 valence electrons. The zero-order valence-electron chi connectivity index (χ0n) is 9.87. The van der Waals surface area contributed by atoms with Crippen molar-refractivity contribution >= 4 is 5.82 Å². The van der Waals surface area contributed by atoms with Crippen LogP contribution in [0.2, 0.25) is 0 Å². The van der Waals surface area contributed by atoms with Crippen LogP contribution in [0.5, 0.6) is 0 Å². The molecule has 3 nitrogen and oxygen atoms in total. The molecule has 0 atom stereocenters. The molecule has 0 bridgehead atoms. The van der Waals surface area contributed by atoms with Crippen molar-refractivity contribution in [2.45, 2.75) is 25.7 Å². The van der Waals surface area contributed by atoms with E-state index in [1.807, 2.05) is 0 Å². The molecule has 0 spiro atoms. The Morgan fingerprint density at radius 2 is 2.06 bits per heavy atom. The number of anilines is 1. The zero-order valence-corrected chi connectivity index (χ0v) is 9.87. The molecule has 1 aromatic rings. The van der Waals surface area contributed by atoms with Gasteiger partial charge < -0.3 is 10.2 Å². The molecule has 0 radical (unpaired) electrons. The maximum Gasteiger partial charge on any atom is 0.131 e. The monoisotopic (exact) mass is 217 g/mol. The molecule has 1 aromatic heterocycles. The van der Waals surface area contributed by atoms with Crippen LogP contribution in [0.3, 0.4) is 0 Å². The first kappa shape index (κ1) is 10.1. The second-order valence-electron chi connectivity index (χ2n) is 4.92. The van der Waals surface area contributed by atoms with Gasteiger partial charge in [0, 0.05) is 32.4 Å². The number of nitrogens with one attached hydrogen (secondary N) is 1. The van der Waals surface area contributed by atoms with Crippen molar-refractivity contribution in [3.63, 3.8) is 0 Å². The van der Waals surface area contributed by atoms with Crippen LogP contribution >= 0.6 is 0 Å². The molecule has 1 aliphatic heterocycles. The van der Waals surface area contributed by atoms with Gasteiger partial charge in [-0.1, -0.05) is 6.07 Å². The summed E-state index contributed by atoms with van der Waals surface area (Å²) < 4.78 is 0. The highest BCUT2D eigenvalue weighted by Crippen LogP contribution is 2.40. The molecular formula is C13H19N3. The Balaban J connectivity index is 1.83. The summed E-state index contributed by atoms with van der Waals surface area (Å²) in [5.41, 5.74) is 2.78. The van der Waals surface area contributed by atoms with Gasteiger partial charge in [-0.05, 0) is 36.8 Å². The Hall–Kier alpha value is -1.09. The zero-order chi connectivity index (χ0) is 11.0. The second kappa shape index (κ2) is 4.06. The van der Waals surface area contributed by atoms with E-state index in [0.717, 1.165) is 32.1 Å². The quantitative estimate of drug-likeness (QED) is 0.817. The molecule has 2 heterocycles. The fourth-order valence-electron chi connectivity index (χ4n) is 2.44. The second-order valence-corrected chi connectivity index (χ2v) is 4.92. The Kier molecular flexibility index (Phi) is 2.56. The number of rotatable bonds is 2. The van der Waals surface area contributed by atoms with Crippen LogP contribution < -0.4 is 10.2 Å². The van der Waals surface area contributed by atoms with Crippen LogP contribution in [0.1, 0.15) is 29.9 Å². The lowest BCUT2D eigenvalue weighted by Gasteiger charge is -2.29. The lowest BCUT2D eigenvalue weighted by molar-refractivity contribution is 0.584. The van der Waals surface area contributed by atoms with Crippen LogP contribution in [0.25, 0.3) is 0 Å². The highest BCUT2D eigenvalue weighted by Gasteiger charge is 2.24. The van der Waals surface area contributed by atoms with Gasteiger partial charge in [0.1, 0.15) is 5.82 Å². The van der Waals surface area contributed by atoms with Crippen LogP contribution in [0.15, 0.2) is 12.3 Å². The molecule has 2 aliphatic rings. The summed E-state index contributed by atoms with van der Waals surface area (Å²) in [4.78, 5) is 7.05. The minimum absolute atomic E-state index is 0.809. The van der Waals surface area contributed by atoms with E-state index in [9.17, 15) is 0 Å². The minimum atomic E-state index is 0.809. The Bertz CT molecular complexity index is 379. The van der Waals surface area contributed by atoms with Gasteiger partial charge in [-0.15, -0.1) is 0 Å². The Labute approximate surface area is 96.9 Å². The molecule has 0 amide bonds. The van der Waals surface area contributed by atoms with Gasteiger partial charge in [0.15, 0.2) is 0 Å². The summed E-state index contributed by atoms with van der Waals surface area (Å²) in [5, 5.41) is 3.37. The van der Waals surface area contributed by atoms with Gasteiger partial charge >= 0.3 is 0 Å². The normalized spacial score (nSPS) is 21.2. The number of piperazine rings is 1. The summed E-state index contributed by atoms with van der Waals surface area (Å²) >= 11 is 0. The number of aryl methyl sites for hydroxylation is 1. The molecule has 1 saturated carbocycles. The van der Waals surface area contributed by atoms with Crippen LogP contribution in [0.4, 0.5) is 5.82 Å². The first-order valence-corrected chi connectivity index (χ1v) is 6.27. The summed E-state index contributed by atoms with van der Waals surface area (Å²) in [7, 11) is 0. The van der Waals surface area contributed by atoms with Gasteiger partial charge in [0.05, 0.1) is 0 Å². The Morgan fingerprint density at radius 3 is 2.69 bits per heavy atom. The molecule has 16 heavy (non-hydrogen) atoms. The third-order valence-corrected chi connectivity index (χ3v) is 3.54. The first-order chi connectivity index (χ1) is 7.84. The average molecular weight is 217 g/mol. The lowest BCUT2D eigenvalue weighted by Crippen LogP contribution is -2.44. The van der Waals surface area contributed by atoms with E-state index in [0.29, 0.717) is 0 Å². The van der Waals surface area contributed by atoms with Crippen LogP contribution in [-0.4, -0.2) is 31.2 Å². The smallest absolute Gasteiger partial charge is 0.131 e. The van der Waals surface area contributed by atoms with Crippen molar-refractivity contribution in [1.29, 1.82) is 0 Å². The van der Waals surface area contributed by atoms with Crippen molar-refractivity contribution in [3.05, 3.63) is 23.4 Å². The van der Waals surface area contributed by atoms with Gasteiger partial charge in [-0.2, -0.15) is 0 Å². The van der Waals surface area contributed by atoms with Gasteiger partial charge in [-0.25, -0.2) is 4.98 Å². The summed E-state index contributed by atoms with van der Waals surface area (Å²) in [6, 6.07) is 2.34. The molecule has 0 unspecified atom stereocenters. The van der Waals surface area contributed by atoms with Crippen molar-refractivity contribution in [3.8, 4) is 0 Å². The molecule has 0 aromatic carbocycles. The van der Waals surface area contributed by atoms with E-state index in [2.05, 4.69) is 34.4 Å². The molecule has 3 rings (SSSR count). The largest absolute Gasteiger partial charge is 0.354 e. The van der Waals surface area contributed by atoms with E-state index in [4.69, 9.17) is 0 Å². The Morgan fingerprint density at radius 1 is 1.31 bits per heavy atom. The predicted octanol–water partition coefficient (Wildman–Crippen LogP) is 1.68. The van der Waals surface area contributed by atoms with Crippen molar-refractivity contribution in [1.82, 2.24) is 10.3 Å². The third-order valence-electron chi connectivity index (χ3n) is 3.54. The number of hydrogen-bond donors (Lipinski definition) is 1. The standard InChI is InChI=1S/C13H19N3/c1-10-8-12(11-2-3-11)9-15-13(10)16-6-4-14-5-7-16/h8-9,11,14H,2-7H2,1H3. The van der Waals surface area contributed by atoms with Crippen LogP contribution in [0, 0.1) is 6.92 Å². The molecule has 1 saturated heterocycles. The molecule has 1 N–H and O–H groups in total. The SMILES string of the molecule is Cc1cc(C2CC2)cnc1N1CCNCC1. The summed E-state index contributed by atoms with van der Waals surface area (Å²) in [6.45, 7) is 6.50. The fraction of sp³-hybridized carbons (Fsp3) is 0.615. The summed E-state index contributed by atoms with van der Waals surface area (Å²) in [6.07, 6.45) is 4.80. The lowest BCUT2D eigenvalue weighted by atomic mass is 10.1. The van der Waals surface area contributed by atoms with Crippen molar-refractivity contribution in [2.24, 2.45) is 0 Å². The van der Waals surface area contributed by atoms with Crippen molar-refractivity contribution in [2.75, 3.05) is 31.1 Å². The third kappa shape index (κ3) is 1.92. The topological polar surface area (TPSA) is 28.2 Å². The van der Waals surface area contributed by atoms with Crippen LogP contribution in [-0.2, 0) is 0 Å². The number of hydrogen-bond acceptors (Lipinski definition) is 3. The highest BCUT2D eigenvalue weighted by atomic mass is 15.2. The molecule has 3 heteroatoms. The number of aromatic nitrogens is 1. The first-order valence-electron chi connectivity index (χ1n) is 6.27. The highest BCUT2D eigenvalue weighted by molar-refractivity contribution is 5.48. The van der Waals surface area contributed by atoms with E-state index in [1.165, 1.54) is 29.8 Å². The van der Waals surface area contributed by atoms with Crippen molar-refractivity contribution < 1.29 is 0 Å². The summed E-state index contributed by atoms with van der Waals surface area (Å²) in [5.74, 6) is 1.99. The predicted molar refractivity (Wildman–Crippen MR) is 66.0 cm³/mol. The number of pyridine rings is 1. The number of nitrogens with zero attached hydrogens (tertiary/aromatic N) is 2. The fourth-order valence-corrected chi connectivity index (χ4v) is 2.44. The molecular weight excluding hydrogens is 198 g/mol. The maximum atomic E-state index is 4.66. The average Bonchev–Trinajstić information content (AvgIpc) is 3.14. The van der Waals surface area contributed by atoms with Gasteiger partial charge in [0.25, 0.3) is 0 Å². The van der Waals surface area contributed by atoms with E-state index in [-0.39, 0.29) is 0 Å².